The van der Waals surface area contributed by atoms with Crippen molar-refractivity contribution in [2.75, 3.05) is 13.3 Å². The molecule has 0 radical (unpaired) electrons. The molecule has 0 bridgehead atoms. The Hall–Kier alpha value is -2.71. The first-order valence-corrected chi connectivity index (χ1v) is 9.09. The van der Waals surface area contributed by atoms with Crippen molar-refractivity contribution >= 4 is 12.6 Å². The smallest absolute Gasteiger partial charge is 0.423 e. The quantitative estimate of drug-likeness (QED) is 0.494. The summed E-state index contributed by atoms with van der Waals surface area (Å²) in [5, 5.41) is 19.1. The molecule has 0 aliphatic heterocycles. The average Bonchev–Trinajstić information content (AvgIpc) is 3.04. The van der Waals surface area contributed by atoms with Crippen LogP contribution < -0.4 is 5.46 Å². The fraction of sp³-hybridized carbons (Fsp3) is 0.182. The molecule has 2 N–H and O–H groups in total. The minimum absolute atomic E-state index is 0.371. The van der Waals surface area contributed by atoms with Gasteiger partial charge in [-0.3, -0.25) is 0 Å². The summed E-state index contributed by atoms with van der Waals surface area (Å²) < 4.78 is 56.2. The van der Waals surface area contributed by atoms with Gasteiger partial charge in [0.15, 0.2) is 6.67 Å². The van der Waals surface area contributed by atoms with Crippen LogP contribution in [0.15, 0.2) is 72.8 Å². The molecule has 8 heteroatoms. The molecule has 0 aromatic heterocycles. The molecular weight excluding hydrogens is 402 g/mol. The molecule has 30 heavy (non-hydrogen) atoms. The summed E-state index contributed by atoms with van der Waals surface area (Å²) in [6.07, 6.45) is -4.62. The standard InChI is InChI=1S/C20H16BFO2.C2H2F4/c22-13-20(14-6-2-1-3-7-14)18-9-5-4-8-16(18)17-11-10-15(21(23)24)12-19(17)20;3-1-2(4,5)6/h1-12,23-24H,13H2;1H2. The van der Waals surface area contributed by atoms with Gasteiger partial charge in [0.25, 0.3) is 0 Å². The topological polar surface area (TPSA) is 40.5 Å². The van der Waals surface area contributed by atoms with Crippen LogP contribution in [-0.2, 0) is 5.41 Å². The first kappa shape index (κ1) is 22.0. The lowest BCUT2D eigenvalue weighted by atomic mass is 9.71. The van der Waals surface area contributed by atoms with Gasteiger partial charge in [-0.05, 0) is 33.3 Å². The predicted octanol–water partition coefficient (Wildman–Crippen LogP) is 4.17. The van der Waals surface area contributed by atoms with E-state index in [9.17, 15) is 32.0 Å². The van der Waals surface area contributed by atoms with Gasteiger partial charge in [0, 0.05) is 0 Å². The summed E-state index contributed by atoms with van der Waals surface area (Å²) in [6.45, 7) is -2.82. The summed E-state index contributed by atoms with van der Waals surface area (Å²) in [7, 11) is -1.58. The lowest BCUT2D eigenvalue weighted by Crippen LogP contribution is -2.34. The van der Waals surface area contributed by atoms with Crippen LogP contribution in [0.1, 0.15) is 16.7 Å². The molecule has 1 aliphatic rings. The van der Waals surface area contributed by atoms with Crippen molar-refractivity contribution in [3.63, 3.8) is 0 Å². The molecule has 1 atom stereocenters. The van der Waals surface area contributed by atoms with Gasteiger partial charge in [0.05, 0.1) is 5.41 Å². The maximum absolute atomic E-state index is 14.6. The van der Waals surface area contributed by atoms with Gasteiger partial charge in [-0.15, -0.1) is 0 Å². The second-order valence-electron chi connectivity index (χ2n) is 6.88. The number of hydrogen-bond donors (Lipinski definition) is 2. The van der Waals surface area contributed by atoms with E-state index in [1.807, 2.05) is 60.7 Å². The summed E-state index contributed by atoms with van der Waals surface area (Å²) in [4.78, 5) is 0. The summed E-state index contributed by atoms with van der Waals surface area (Å²) in [5.74, 6) is 0. The number of halogens is 5. The lowest BCUT2D eigenvalue weighted by Gasteiger charge is -2.30. The van der Waals surface area contributed by atoms with Crippen LogP contribution >= 0.6 is 0 Å². The Morgan fingerprint density at radius 2 is 1.33 bits per heavy atom. The van der Waals surface area contributed by atoms with Gasteiger partial charge in [0.2, 0.25) is 0 Å². The van der Waals surface area contributed by atoms with Gasteiger partial charge >= 0.3 is 13.3 Å². The highest BCUT2D eigenvalue weighted by Crippen LogP contribution is 2.52. The van der Waals surface area contributed by atoms with E-state index in [1.165, 1.54) is 0 Å². The Balaban J connectivity index is 0.000000377. The number of alkyl halides is 5. The van der Waals surface area contributed by atoms with Crippen molar-refractivity contribution in [3.8, 4) is 11.1 Å². The van der Waals surface area contributed by atoms with Crippen molar-refractivity contribution in [2.24, 2.45) is 0 Å². The number of benzene rings is 3. The van der Waals surface area contributed by atoms with Crippen LogP contribution in [0, 0.1) is 0 Å². The summed E-state index contributed by atoms with van der Waals surface area (Å²) in [5.41, 5.74) is 3.95. The van der Waals surface area contributed by atoms with E-state index in [4.69, 9.17) is 0 Å². The zero-order valence-corrected chi connectivity index (χ0v) is 15.7. The van der Waals surface area contributed by atoms with E-state index in [1.54, 1.807) is 12.1 Å². The Bertz CT molecular complexity index is 1010. The predicted molar refractivity (Wildman–Crippen MR) is 106 cm³/mol. The molecule has 156 valence electrons. The Kier molecular flexibility index (Phi) is 6.29. The zero-order chi connectivity index (χ0) is 21.9. The van der Waals surface area contributed by atoms with E-state index >= 15 is 0 Å². The molecule has 0 spiro atoms. The minimum Gasteiger partial charge on any atom is -0.423 e. The van der Waals surface area contributed by atoms with Gasteiger partial charge in [-0.1, -0.05) is 72.8 Å². The van der Waals surface area contributed by atoms with Crippen LogP contribution in [0.4, 0.5) is 22.0 Å². The first-order chi connectivity index (χ1) is 14.2. The van der Waals surface area contributed by atoms with Gasteiger partial charge < -0.3 is 10.0 Å². The van der Waals surface area contributed by atoms with E-state index in [0.29, 0.717) is 5.46 Å². The molecule has 1 unspecified atom stereocenters. The zero-order valence-electron chi connectivity index (χ0n) is 15.7. The average molecular weight is 420 g/mol. The molecular formula is C22H18BF5O2. The van der Waals surface area contributed by atoms with Crippen molar-refractivity contribution in [1.29, 1.82) is 0 Å². The Labute approximate surface area is 170 Å². The third-order valence-corrected chi connectivity index (χ3v) is 5.10. The first-order valence-electron chi connectivity index (χ1n) is 9.09. The van der Waals surface area contributed by atoms with E-state index in [2.05, 4.69) is 0 Å². The van der Waals surface area contributed by atoms with Gasteiger partial charge in [-0.2, -0.15) is 13.2 Å². The molecule has 2 nitrogen and oxygen atoms in total. The van der Waals surface area contributed by atoms with Crippen molar-refractivity contribution in [1.82, 2.24) is 0 Å². The van der Waals surface area contributed by atoms with E-state index in [-0.39, 0.29) is 0 Å². The number of fused-ring (bicyclic) bond motifs is 3. The van der Waals surface area contributed by atoms with Crippen LogP contribution in [-0.4, -0.2) is 36.7 Å². The van der Waals surface area contributed by atoms with Crippen molar-refractivity contribution in [2.45, 2.75) is 11.6 Å². The maximum Gasteiger partial charge on any atom is 0.488 e. The second kappa shape index (κ2) is 8.57. The van der Waals surface area contributed by atoms with E-state index in [0.717, 1.165) is 27.8 Å². The molecule has 0 saturated heterocycles. The fourth-order valence-electron chi connectivity index (χ4n) is 3.80. The van der Waals surface area contributed by atoms with Crippen LogP contribution in [0.5, 0.6) is 0 Å². The highest BCUT2D eigenvalue weighted by atomic mass is 19.4. The summed E-state index contributed by atoms with van der Waals surface area (Å²) >= 11 is 0. The Morgan fingerprint density at radius 1 is 0.767 bits per heavy atom. The van der Waals surface area contributed by atoms with Crippen LogP contribution in [0.2, 0.25) is 0 Å². The van der Waals surface area contributed by atoms with Crippen molar-refractivity contribution < 1.29 is 32.0 Å². The van der Waals surface area contributed by atoms with Gasteiger partial charge in [-0.25, -0.2) is 8.78 Å². The molecule has 3 aromatic rings. The van der Waals surface area contributed by atoms with Gasteiger partial charge in [0.1, 0.15) is 6.67 Å². The summed E-state index contributed by atoms with van der Waals surface area (Å²) in [6, 6.07) is 22.6. The van der Waals surface area contributed by atoms with Crippen molar-refractivity contribution in [3.05, 3.63) is 89.5 Å². The monoisotopic (exact) mass is 420 g/mol. The number of hydrogen-bond acceptors (Lipinski definition) is 2. The fourth-order valence-corrected chi connectivity index (χ4v) is 3.80. The molecule has 0 fully saturated rings. The normalized spacial score (nSPS) is 16.9. The third kappa shape index (κ3) is 3.97. The lowest BCUT2D eigenvalue weighted by molar-refractivity contribution is -0.142. The number of rotatable bonds is 3. The third-order valence-electron chi connectivity index (χ3n) is 5.10. The highest BCUT2D eigenvalue weighted by Gasteiger charge is 2.45. The van der Waals surface area contributed by atoms with Crippen LogP contribution in [0.3, 0.4) is 0 Å². The molecule has 3 aromatic carbocycles. The Morgan fingerprint density at radius 3 is 1.90 bits per heavy atom. The largest absolute Gasteiger partial charge is 0.488 e. The highest BCUT2D eigenvalue weighted by molar-refractivity contribution is 6.58. The van der Waals surface area contributed by atoms with E-state index < -0.39 is 32.1 Å². The second-order valence-corrected chi connectivity index (χ2v) is 6.88. The minimum atomic E-state index is -4.62. The van der Waals surface area contributed by atoms with Crippen LogP contribution in [0.25, 0.3) is 11.1 Å². The molecule has 0 heterocycles. The molecule has 1 aliphatic carbocycles. The SMILES string of the molecule is FCC(F)(F)F.OB(O)c1ccc2c(c1)C(CF)(c1ccccc1)c1ccccc1-2. The molecule has 0 saturated carbocycles. The maximum atomic E-state index is 14.6. The molecule has 0 amide bonds. The molecule has 4 rings (SSSR count).